The lowest BCUT2D eigenvalue weighted by Gasteiger charge is -2.24. The minimum absolute atomic E-state index is 0.182. The molecule has 0 amide bonds. The molecular weight excluding hydrogens is 215 g/mol. The van der Waals surface area contributed by atoms with Crippen molar-refractivity contribution in [2.24, 2.45) is 5.92 Å². The van der Waals surface area contributed by atoms with Crippen LogP contribution in [0.5, 0.6) is 5.75 Å². The van der Waals surface area contributed by atoms with Gasteiger partial charge in [-0.2, -0.15) is 0 Å². The molecule has 1 aromatic carbocycles. The summed E-state index contributed by atoms with van der Waals surface area (Å²) in [6, 6.07) is 3.52. The van der Waals surface area contributed by atoms with Crippen LogP contribution in [0.4, 0.5) is 4.39 Å². The normalized spacial score (nSPS) is 23.3. The van der Waals surface area contributed by atoms with Crippen LogP contribution in [0.2, 0.25) is 0 Å². The van der Waals surface area contributed by atoms with Crippen molar-refractivity contribution in [3.8, 4) is 5.75 Å². The summed E-state index contributed by atoms with van der Waals surface area (Å²) < 4.78 is 19.6. The number of fused-ring (bicyclic) bond motifs is 1. The summed E-state index contributed by atoms with van der Waals surface area (Å²) >= 11 is 0. The zero-order valence-electron chi connectivity index (χ0n) is 10.3. The monoisotopic (exact) mass is 234 g/mol. The molecule has 0 spiro atoms. The summed E-state index contributed by atoms with van der Waals surface area (Å²) in [6.07, 6.45) is 5.82. The number of rotatable bonds is 3. The molecule has 2 heteroatoms. The second kappa shape index (κ2) is 4.32. The van der Waals surface area contributed by atoms with Crippen LogP contribution in [0, 0.1) is 11.7 Å². The van der Waals surface area contributed by atoms with Gasteiger partial charge in [-0.3, -0.25) is 0 Å². The van der Waals surface area contributed by atoms with Crippen LogP contribution < -0.4 is 4.74 Å². The fraction of sp³-hybridized carbons (Fsp3) is 0.600. The van der Waals surface area contributed by atoms with E-state index >= 15 is 0 Å². The number of hydrogen-bond donors (Lipinski definition) is 0. The van der Waals surface area contributed by atoms with Gasteiger partial charge in [0.25, 0.3) is 0 Å². The van der Waals surface area contributed by atoms with Gasteiger partial charge in [-0.1, -0.05) is 13.0 Å². The van der Waals surface area contributed by atoms with Crippen molar-refractivity contribution in [2.45, 2.75) is 44.9 Å². The lowest BCUT2D eigenvalue weighted by atomic mass is 9.83. The van der Waals surface area contributed by atoms with E-state index in [2.05, 4.69) is 6.92 Å². The van der Waals surface area contributed by atoms with Crippen LogP contribution in [0.3, 0.4) is 0 Å². The summed E-state index contributed by atoms with van der Waals surface area (Å²) in [5.74, 6) is 1.58. The minimum Gasteiger partial charge on any atom is -0.490 e. The fourth-order valence-corrected chi connectivity index (χ4v) is 2.72. The van der Waals surface area contributed by atoms with Gasteiger partial charge in [0.05, 0.1) is 6.61 Å². The Labute approximate surface area is 102 Å². The lowest BCUT2D eigenvalue weighted by Crippen LogP contribution is -2.12. The zero-order chi connectivity index (χ0) is 11.8. The van der Waals surface area contributed by atoms with E-state index in [0.717, 1.165) is 18.4 Å². The van der Waals surface area contributed by atoms with E-state index in [9.17, 15) is 4.39 Å². The quantitative estimate of drug-likeness (QED) is 0.766. The van der Waals surface area contributed by atoms with Gasteiger partial charge in [0, 0.05) is 5.56 Å². The molecular formula is C15H19FO. The molecule has 0 unspecified atom stereocenters. The van der Waals surface area contributed by atoms with Crippen molar-refractivity contribution >= 4 is 0 Å². The van der Waals surface area contributed by atoms with Gasteiger partial charge in [0.15, 0.2) is 11.6 Å². The average Bonchev–Trinajstić information content (AvgIpc) is 3.12. The van der Waals surface area contributed by atoms with Crippen molar-refractivity contribution < 1.29 is 9.13 Å². The van der Waals surface area contributed by atoms with Gasteiger partial charge in [-0.05, 0) is 55.6 Å². The number of ether oxygens (including phenoxy) is 1. The van der Waals surface area contributed by atoms with Crippen LogP contribution in [0.15, 0.2) is 12.1 Å². The van der Waals surface area contributed by atoms with Crippen LogP contribution in [-0.2, 0) is 6.42 Å². The van der Waals surface area contributed by atoms with Crippen LogP contribution in [-0.4, -0.2) is 6.61 Å². The van der Waals surface area contributed by atoms with Crippen molar-refractivity contribution in [1.29, 1.82) is 0 Å². The number of benzene rings is 1. The summed E-state index contributed by atoms with van der Waals surface area (Å²) in [6.45, 7) is 2.92. The highest BCUT2D eigenvalue weighted by atomic mass is 19.1. The number of hydrogen-bond acceptors (Lipinski definition) is 1. The van der Waals surface area contributed by atoms with Crippen molar-refractivity contribution in [3.63, 3.8) is 0 Å². The summed E-state index contributed by atoms with van der Waals surface area (Å²) in [5.41, 5.74) is 2.42. The lowest BCUT2D eigenvalue weighted by molar-refractivity contribution is 0.280. The van der Waals surface area contributed by atoms with Crippen molar-refractivity contribution in [2.75, 3.05) is 6.61 Å². The molecule has 0 heterocycles. The maximum Gasteiger partial charge on any atom is 0.165 e. The molecule has 1 fully saturated rings. The molecule has 0 radical (unpaired) electrons. The average molecular weight is 234 g/mol. The predicted octanol–water partition coefficient (Wildman–Crippen LogP) is 4.05. The van der Waals surface area contributed by atoms with E-state index in [1.165, 1.54) is 24.8 Å². The first-order valence-corrected chi connectivity index (χ1v) is 6.70. The second-order valence-electron chi connectivity index (χ2n) is 5.49. The first-order valence-electron chi connectivity index (χ1n) is 6.70. The van der Waals surface area contributed by atoms with Gasteiger partial charge in [0.1, 0.15) is 0 Å². The summed E-state index contributed by atoms with van der Waals surface area (Å²) in [4.78, 5) is 0. The van der Waals surface area contributed by atoms with Crippen molar-refractivity contribution in [3.05, 3.63) is 29.1 Å². The minimum atomic E-state index is -0.182. The molecule has 0 N–H and O–H groups in total. The third kappa shape index (κ3) is 2.18. The topological polar surface area (TPSA) is 9.23 Å². The fourth-order valence-electron chi connectivity index (χ4n) is 2.72. The Balaban J connectivity index is 1.90. The maximum atomic E-state index is 13.9. The molecule has 0 aromatic heterocycles. The molecule has 1 saturated carbocycles. The van der Waals surface area contributed by atoms with Gasteiger partial charge in [0.2, 0.25) is 0 Å². The third-order valence-corrected chi connectivity index (χ3v) is 4.00. The molecule has 1 nitrogen and oxygen atoms in total. The first kappa shape index (κ1) is 11.1. The zero-order valence-corrected chi connectivity index (χ0v) is 10.3. The highest BCUT2D eigenvalue weighted by Gasteiger charge is 2.26. The Morgan fingerprint density at radius 3 is 2.88 bits per heavy atom. The van der Waals surface area contributed by atoms with Crippen molar-refractivity contribution in [1.82, 2.24) is 0 Å². The molecule has 2 aliphatic carbocycles. The summed E-state index contributed by atoms with van der Waals surface area (Å²) in [7, 11) is 0. The SMILES string of the molecule is C[C@@H]1CCCc2c1ccc(F)c2OCC1CC1. The van der Waals surface area contributed by atoms with Gasteiger partial charge in [-0.15, -0.1) is 0 Å². The predicted molar refractivity (Wildman–Crippen MR) is 66.0 cm³/mol. The molecule has 0 bridgehead atoms. The molecule has 0 aliphatic heterocycles. The maximum absolute atomic E-state index is 13.9. The van der Waals surface area contributed by atoms with Gasteiger partial charge < -0.3 is 4.74 Å². The Hall–Kier alpha value is -1.05. The third-order valence-electron chi connectivity index (χ3n) is 4.00. The Bertz CT molecular complexity index is 423. The van der Waals surface area contributed by atoms with E-state index in [1.54, 1.807) is 6.07 Å². The molecule has 2 aliphatic rings. The molecule has 17 heavy (non-hydrogen) atoms. The largest absolute Gasteiger partial charge is 0.490 e. The highest BCUT2D eigenvalue weighted by Crippen LogP contribution is 2.39. The highest BCUT2D eigenvalue weighted by molar-refractivity contribution is 5.44. The Morgan fingerprint density at radius 2 is 2.12 bits per heavy atom. The molecule has 0 saturated heterocycles. The second-order valence-corrected chi connectivity index (χ2v) is 5.49. The van der Waals surface area contributed by atoms with E-state index in [0.29, 0.717) is 24.2 Å². The Morgan fingerprint density at radius 1 is 1.29 bits per heavy atom. The van der Waals surface area contributed by atoms with E-state index in [4.69, 9.17) is 4.74 Å². The molecule has 1 atom stereocenters. The Kier molecular flexibility index (Phi) is 2.81. The molecule has 1 aromatic rings. The molecule has 3 rings (SSSR count). The smallest absolute Gasteiger partial charge is 0.165 e. The van der Waals surface area contributed by atoms with Crippen LogP contribution in [0.25, 0.3) is 0 Å². The van der Waals surface area contributed by atoms with E-state index in [-0.39, 0.29) is 5.82 Å². The summed E-state index contributed by atoms with van der Waals surface area (Å²) in [5, 5.41) is 0. The number of halogens is 1. The standard InChI is InChI=1S/C15H19FO/c1-10-3-2-4-13-12(10)7-8-14(16)15(13)17-9-11-5-6-11/h7-8,10-11H,2-6,9H2,1H3/t10-/m1/s1. The van der Waals surface area contributed by atoms with Crippen LogP contribution in [0.1, 0.15) is 49.7 Å². The van der Waals surface area contributed by atoms with E-state index < -0.39 is 0 Å². The van der Waals surface area contributed by atoms with Gasteiger partial charge >= 0.3 is 0 Å². The first-order chi connectivity index (χ1) is 8.25. The van der Waals surface area contributed by atoms with E-state index in [1.807, 2.05) is 6.07 Å². The van der Waals surface area contributed by atoms with Crippen LogP contribution >= 0.6 is 0 Å². The van der Waals surface area contributed by atoms with Gasteiger partial charge in [-0.25, -0.2) is 4.39 Å². The molecule has 92 valence electrons.